The number of benzene rings is 2. The minimum atomic E-state index is -0.724. The van der Waals surface area contributed by atoms with E-state index in [9.17, 15) is 24.6 Å². The molecule has 1 N–H and O–H groups in total. The van der Waals surface area contributed by atoms with Crippen molar-refractivity contribution in [3.63, 3.8) is 0 Å². The van der Waals surface area contributed by atoms with Crippen LogP contribution in [-0.2, 0) is 4.79 Å². The monoisotopic (exact) mass is 395 g/mol. The first-order chi connectivity index (χ1) is 14.0. The molecule has 1 aliphatic rings. The Bertz CT molecular complexity index is 994. The molecule has 0 unspecified atom stereocenters. The average molecular weight is 395 g/mol. The zero-order valence-corrected chi connectivity index (χ0v) is 15.4. The highest BCUT2D eigenvalue weighted by Gasteiger charge is 2.21. The van der Waals surface area contributed by atoms with Crippen molar-refractivity contribution in [3.05, 3.63) is 76.2 Å². The summed E-state index contributed by atoms with van der Waals surface area (Å²) in [6.07, 6.45) is 1.43. The van der Waals surface area contributed by atoms with Gasteiger partial charge in [-0.1, -0.05) is 24.3 Å². The van der Waals surface area contributed by atoms with Crippen molar-refractivity contribution in [1.29, 1.82) is 5.26 Å². The molecule has 0 atom stereocenters. The van der Waals surface area contributed by atoms with Gasteiger partial charge in [-0.15, -0.1) is 0 Å². The van der Waals surface area contributed by atoms with Crippen LogP contribution in [0.25, 0.3) is 0 Å². The Labute approximate surface area is 166 Å². The number of nitro benzene ring substituents is 1. The van der Waals surface area contributed by atoms with Gasteiger partial charge in [-0.25, -0.2) is 4.39 Å². The van der Waals surface area contributed by atoms with E-state index in [1.807, 2.05) is 11.0 Å². The molecule has 0 aliphatic carbocycles. The van der Waals surface area contributed by atoms with E-state index < -0.39 is 10.8 Å². The van der Waals surface area contributed by atoms with Crippen LogP contribution < -0.4 is 10.2 Å². The standard InChI is InChI=1S/C20H18FN5O3/c21-16-5-1-3-7-18(16)25-11-9-24(10-12-25)14-15(13-22)20(27)23-17-6-2-4-8-19(17)26(28)29/h1-8,14H,9-12H2,(H,23,27)/b15-14-. The number of para-hydroxylation sites is 3. The van der Waals surface area contributed by atoms with Crippen LogP contribution in [0.5, 0.6) is 0 Å². The van der Waals surface area contributed by atoms with E-state index in [0.29, 0.717) is 31.9 Å². The number of amides is 1. The Balaban J connectivity index is 1.67. The van der Waals surface area contributed by atoms with Gasteiger partial charge in [0.2, 0.25) is 0 Å². The lowest BCUT2D eigenvalue weighted by Gasteiger charge is -2.35. The maximum atomic E-state index is 13.9. The van der Waals surface area contributed by atoms with Crippen molar-refractivity contribution < 1.29 is 14.1 Å². The lowest BCUT2D eigenvalue weighted by molar-refractivity contribution is -0.383. The third-order valence-electron chi connectivity index (χ3n) is 4.53. The molecular formula is C20H18FN5O3. The van der Waals surface area contributed by atoms with Crippen LogP contribution >= 0.6 is 0 Å². The summed E-state index contributed by atoms with van der Waals surface area (Å²) >= 11 is 0. The van der Waals surface area contributed by atoms with Gasteiger partial charge in [0.15, 0.2) is 0 Å². The summed E-state index contributed by atoms with van der Waals surface area (Å²) in [7, 11) is 0. The smallest absolute Gasteiger partial charge is 0.292 e. The first-order valence-electron chi connectivity index (χ1n) is 8.90. The van der Waals surface area contributed by atoms with Crippen LogP contribution in [0.1, 0.15) is 0 Å². The number of nitrogens with one attached hydrogen (secondary N) is 1. The van der Waals surface area contributed by atoms with Crippen molar-refractivity contribution in [1.82, 2.24) is 4.90 Å². The number of rotatable bonds is 5. The van der Waals surface area contributed by atoms with Gasteiger partial charge < -0.3 is 15.1 Å². The van der Waals surface area contributed by atoms with Crippen LogP contribution in [0.2, 0.25) is 0 Å². The molecule has 1 heterocycles. The van der Waals surface area contributed by atoms with Gasteiger partial charge >= 0.3 is 0 Å². The van der Waals surface area contributed by atoms with E-state index >= 15 is 0 Å². The number of hydrogen-bond acceptors (Lipinski definition) is 6. The molecule has 148 valence electrons. The summed E-state index contributed by atoms with van der Waals surface area (Å²) in [6.45, 7) is 2.06. The maximum Gasteiger partial charge on any atom is 0.292 e. The van der Waals surface area contributed by atoms with Gasteiger partial charge in [-0.2, -0.15) is 5.26 Å². The quantitative estimate of drug-likeness (QED) is 0.361. The number of nitrogens with zero attached hydrogens (tertiary/aromatic N) is 4. The van der Waals surface area contributed by atoms with E-state index in [2.05, 4.69) is 5.32 Å². The molecule has 0 aromatic heterocycles. The van der Waals surface area contributed by atoms with Crippen LogP contribution in [0.15, 0.2) is 60.3 Å². The van der Waals surface area contributed by atoms with E-state index in [-0.39, 0.29) is 22.8 Å². The summed E-state index contributed by atoms with van der Waals surface area (Å²) in [6, 6.07) is 14.1. The van der Waals surface area contributed by atoms with Crippen molar-refractivity contribution >= 4 is 23.0 Å². The zero-order chi connectivity index (χ0) is 20.8. The predicted molar refractivity (Wildman–Crippen MR) is 106 cm³/mol. The molecule has 0 spiro atoms. The number of piperazine rings is 1. The fourth-order valence-corrected chi connectivity index (χ4v) is 3.05. The van der Waals surface area contributed by atoms with Crippen molar-refractivity contribution in [2.24, 2.45) is 0 Å². The molecule has 9 heteroatoms. The molecule has 29 heavy (non-hydrogen) atoms. The highest BCUT2D eigenvalue weighted by atomic mass is 19.1. The normalized spacial score (nSPS) is 14.3. The lowest BCUT2D eigenvalue weighted by Crippen LogP contribution is -2.44. The zero-order valence-electron chi connectivity index (χ0n) is 15.4. The molecule has 8 nitrogen and oxygen atoms in total. The van der Waals surface area contributed by atoms with Gasteiger partial charge in [0.25, 0.3) is 11.6 Å². The summed E-state index contributed by atoms with van der Waals surface area (Å²) in [5.41, 5.74) is 0.123. The molecule has 2 aromatic carbocycles. The fraction of sp³-hybridized carbons (Fsp3) is 0.200. The Morgan fingerprint density at radius 2 is 1.79 bits per heavy atom. The lowest BCUT2D eigenvalue weighted by atomic mass is 10.2. The number of carbonyl (C=O) groups is 1. The van der Waals surface area contributed by atoms with Crippen molar-refractivity contribution in [3.8, 4) is 6.07 Å². The Morgan fingerprint density at radius 1 is 1.14 bits per heavy atom. The third-order valence-corrected chi connectivity index (χ3v) is 4.53. The van der Waals surface area contributed by atoms with Crippen LogP contribution in [-0.4, -0.2) is 41.9 Å². The first-order valence-corrected chi connectivity index (χ1v) is 8.90. The van der Waals surface area contributed by atoms with Gasteiger partial charge in [0.1, 0.15) is 23.1 Å². The molecule has 1 saturated heterocycles. The summed E-state index contributed by atoms with van der Waals surface area (Å²) in [5, 5.41) is 22.8. The number of anilines is 2. The Hall–Kier alpha value is -3.93. The van der Waals surface area contributed by atoms with E-state index in [0.717, 1.165) is 0 Å². The maximum absolute atomic E-state index is 13.9. The number of carbonyl (C=O) groups excluding carboxylic acids is 1. The third kappa shape index (κ3) is 4.68. The van der Waals surface area contributed by atoms with E-state index in [1.54, 1.807) is 29.2 Å². The molecular weight excluding hydrogens is 377 g/mol. The average Bonchev–Trinajstić information content (AvgIpc) is 2.73. The van der Waals surface area contributed by atoms with Gasteiger partial charge in [0.05, 0.1) is 10.6 Å². The first kappa shape index (κ1) is 19.8. The van der Waals surface area contributed by atoms with Gasteiger partial charge in [-0.3, -0.25) is 14.9 Å². The van der Waals surface area contributed by atoms with Crippen molar-refractivity contribution in [2.45, 2.75) is 0 Å². The molecule has 0 bridgehead atoms. The summed E-state index contributed by atoms with van der Waals surface area (Å²) in [5.74, 6) is -1.02. The Morgan fingerprint density at radius 3 is 2.45 bits per heavy atom. The molecule has 1 aliphatic heterocycles. The SMILES string of the molecule is N#C/C(=C/N1CCN(c2ccccc2F)CC1)C(=O)Nc1ccccc1[N+](=O)[O-]. The topological polar surface area (TPSA) is 103 Å². The van der Waals surface area contributed by atoms with E-state index in [4.69, 9.17) is 0 Å². The predicted octanol–water partition coefficient (Wildman–Crippen LogP) is 2.90. The van der Waals surface area contributed by atoms with Crippen LogP contribution in [0.4, 0.5) is 21.5 Å². The molecule has 0 saturated carbocycles. The fourth-order valence-electron chi connectivity index (χ4n) is 3.05. The Kier molecular flexibility index (Phi) is 6.04. The second-order valence-corrected chi connectivity index (χ2v) is 6.36. The van der Waals surface area contributed by atoms with Gasteiger partial charge in [0, 0.05) is 38.4 Å². The number of nitro groups is 1. The minimum Gasteiger partial charge on any atom is -0.373 e. The second kappa shape index (κ2) is 8.84. The van der Waals surface area contributed by atoms with Crippen LogP contribution in [0.3, 0.4) is 0 Å². The number of hydrogen-bond donors (Lipinski definition) is 1. The molecule has 3 rings (SSSR count). The summed E-state index contributed by atoms with van der Waals surface area (Å²) in [4.78, 5) is 26.6. The number of halogens is 1. The van der Waals surface area contributed by atoms with Gasteiger partial charge in [-0.05, 0) is 18.2 Å². The van der Waals surface area contributed by atoms with E-state index in [1.165, 1.54) is 30.5 Å². The molecule has 1 fully saturated rings. The largest absolute Gasteiger partial charge is 0.373 e. The number of nitriles is 1. The van der Waals surface area contributed by atoms with Crippen molar-refractivity contribution in [2.75, 3.05) is 36.4 Å². The molecule has 2 aromatic rings. The minimum absolute atomic E-state index is 0.0213. The summed E-state index contributed by atoms with van der Waals surface area (Å²) < 4.78 is 13.9. The molecule has 0 radical (unpaired) electrons. The second-order valence-electron chi connectivity index (χ2n) is 6.36. The highest BCUT2D eigenvalue weighted by molar-refractivity contribution is 6.07. The molecule has 1 amide bonds. The highest BCUT2D eigenvalue weighted by Crippen LogP contribution is 2.24. The van der Waals surface area contributed by atoms with Crippen LogP contribution in [0, 0.1) is 27.3 Å².